The molecule has 0 aliphatic carbocycles. The number of thioether (sulfide) groups is 1. The number of benzene rings is 3. The van der Waals surface area contributed by atoms with Gasteiger partial charge in [-0.15, -0.1) is 11.8 Å². The van der Waals surface area contributed by atoms with E-state index in [2.05, 4.69) is 22.5 Å². The number of aromatic nitrogens is 1. The molecule has 0 spiro atoms. The van der Waals surface area contributed by atoms with Gasteiger partial charge in [0.05, 0.1) is 5.75 Å². The van der Waals surface area contributed by atoms with Crippen LogP contribution in [0.4, 0.5) is 11.4 Å². The third kappa shape index (κ3) is 6.23. The summed E-state index contributed by atoms with van der Waals surface area (Å²) in [5.74, 6) is 0.719. The van der Waals surface area contributed by atoms with E-state index in [1.807, 2.05) is 72.8 Å². The number of para-hydroxylation sites is 2. The molecular formula is C26H25N3O3S. The van der Waals surface area contributed by atoms with Crippen LogP contribution in [0.25, 0.3) is 22.6 Å². The number of nitrogens with zero attached hydrogens (tertiary/aromatic N) is 1. The van der Waals surface area contributed by atoms with E-state index in [0.717, 1.165) is 40.1 Å². The number of nitrogens with one attached hydrogen (secondary N) is 2. The molecule has 0 saturated heterocycles. The van der Waals surface area contributed by atoms with Crippen molar-refractivity contribution in [2.75, 3.05) is 16.4 Å². The van der Waals surface area contributed by atoms with Crippen molar-refractivity contribution in [1.29, 1.82) is 0 Å². The highest BCUT2D eigenvalue weighted by atomic mass is 32.2. The minimum absolute atomic E-state index is 0.0121. The predicted octanol–water partition coefficient (Wildman–Crippen LogP) is 6.35. The topological polar surface area (TPSA) is 84.2 Å². The lowest BCUT2D eigenvalue weighted by Gasteiger charge is -2.08. The number of carbonyl (C=O) groups excluding carboxylic acids is 2. The highest BCUT2D eigenvalue weighted by molar-refractivity contribution is 8.00. The maximum absolute atomic E-state index is 12.4. The number of carbonyl (C=O) groups is 2. The summed E-state index contributed by atoms with van der Waals surface area (Å²) >= 11 is 1.42. The van der Waals surface area contributed by atoms with Gasteiger partial charge in [-0.1, -0.05) is 31.5 Å². The molecule has 168 valence electrons. The first-order valence-electron chi connectivity index (χ1n) is 10.9. The van der Waals surface area contributed by atoms with Gasteiger partial charge in [-0.3, -0.25) is 9.59 Å². The lowest BCUT2D eigenvalue weighted by molar-refractivity contribution is -0.116. The molecule has 0 radical (unpaired) electrons. The summed E-state index contributed by atoms with van der Waals surface area (Å²) < 4.78 is 5.79. The summed E-state index contributed by atoms with van der Waals surface area (Å²) in [6, 6.07) is 22.6. The molecule has 1 heterocycles. The molecule has 0 saturated carbocycles. The number of oxazole rings is 1. The van der Waals surface area contributed by atoms with Crippen molar-refractivity contribution in [1.82, 2.24) is 4.98 Å². The average molecular weight is 460 g/mol. The molecule has 0 aliphatic heterocycles. The molecule has 0 atom stereocenters. The fraction of sp³-hybridized carbons (Fsp3) is 0.192. The van der Waals surface area contributed by atoms with Gasteiger partial charge < -0.3 is 15.1 Å². The lowest BCUT2D eigenvalue weighted by Crippen LogP contribution is -2.14. The zero-order valence-corrected chi connectivity index (χ0v) is 19.2. The fourth-order valence-corrected chi connectivity index (χ4v) is 4.02. The number of hydrogen-bond acceptors (Lipinski definition) is 5. The van der Waals surface area contributed by atoms with Gasteiger partial charge in [0.2, 0.25) is 17.7 Å². The number of hydrogen-bond donors (Lipinski definition) is 2. The molecule has 0 bridgehead atoms. The Morgan fingerprint density at radius 2 is 1.70 bits per heavy atom. The number of unbranched alkanes of at least 4 members (excludes halogenated alkanes) is 1. The maximum Gasteiger partial charge on any atom is 0.234 e. The van der Waals surface area contributed by atoms with Crippen LogP contribution in [-0.2, 0) is 9.59 Å². The molecule has 0 fully saturated rings. The molecule has 2 N–H and O–H groups in total. The molecule has 33 heavy (non-hydrogen) atoms. The molecule has 3 aromatic carbocycles. The summed E-state index contributed by atoms with van der Waals surface area (Å²) in [6.45, 7) is 2.06. The van der Waals surface area contributed by atoms with Crippen molar-refractivity contribution in [2.24, 2.45) is 0 Å². The van der Waals surface area contributed by atoms with E-state index in [1.54, 1.807) is 0 Å². The van der Waals surface area contributed by atoms with Gasteiger partial charge in [0.1, 0.15) is 5.52 Å². The number of rotatable bonds is 9. The summed E-state index contributed by atoms with van der Waals surface area (Å²) in [4.78, 5) is 29.7. The van der Waals surface area contributed by atoms with Crippen molar-refractivity contribution < 1.29 is 14.0 Å². The standard InChI is InChI=1S/C26H25N3O3S/c1-2-3-11-24(30)28-20-7-6-8-21(16-20)33-17-25(31)27-19-14-12-18(13-15-19)26-29-22-9-4-5-10-23(22)32-26/h4-10,12-16H,2-3,11,17H2,1H3,(H,27,31)(H,28,30). The number of fused-ring (bicyclic) bond motifs is 1. The second-order valence-electron chi connectivity index (χ2n) is 7.58. The Balaban J connectivity index is 1.30. The molecule has 4 rings (SSSR count). The zero-order valence-electron chi connectivity index (χ0n) is 18.3. The summed E-state index contributed by atoms with van der Waals surface area (Å²) in [6.07, 6.45) is 2.37. The molecule has 6 nitrogen and oxygen atoms in total. The van der Waals surface area contributed by atoms with Gasteiger partial charge in [0.25, 0.3) is 0 Å². The van der Waals surface area contributed by atoms with Crippen LogP contribution in [0, 0.1) is 0 Å². The molecule has 0 unspecified atom stereocenters. The molecule has 7 heteroatoms. The molecule has 0 aliphatic rings. The fourth-order valence-electron chi connectivity index (χ4n) is 3.26. The van der Waals surface area contributed by atoms with Crippen LogP contribution in [-0.4, -0.2) is 22.6 Å². The Hall–Kier alpha value is -3.58. The van der Waals surface area contributed by atoms with Crippen LogP contribution in [0.5, 0.6) is 0 Å². The Kier molecular flexibility index (Phi) is 7.42. The minimum Gasteiger partial charge on any atom is -0.436 e. The second-order valence-corrected chi connectivity index (χ2v) is 8.63. The third-order valence-corrected chi connectivity index (χ3v) is 5.95. The molecule has 2 amide bonds. The number of amides is 2. The monoisotopic (exact) mass is 459 g/mol. The van der Waals surface area contributed by atoms with Crippen LogP contribution in [0.2, 0.25) is 0 Å². The molecular weight excluding hydrogens is 434 g/mol. The van der Waals surface area contributed by atoms with E-state index < -0.39 is 0 Å². The van der Waals surface area contributed by atoms with Crippen molar-refractivity contribution in [3.63, 3.8) is 0 Å². The maximum atomic E-state index is 12.4. The van der Waals surface area contributed by atoms with Crippen LogP contribution in [0.3, 0.4) is 0 Å². The highest BCUT2D eigenvalue weighted by Gasteiger charge is 2.09. The van der Waals surface area contributed by atoms with Gasteiger partial charge in [0, 0.05) is 28.3 Å². The summed E-state index contributed by atoms with van der Waals surface area (Å²) in [5, 5.41) is 5.81. The first kappa shape index (κ1) is 22.6. The second kappa shape index (κ2) is 10.8. The van der Waals surface area contributed by atoms with Crippen molar-refractivity contribution >= 4 is 46.1 Å². The Morgan fingerprint density at radius 3 is 2.48 bits per heavy atom. The van der Waals surface area contributed by atoms with Crippen LogP contribution < -0.4 is 10.6 Å². The van der Waals surface area contributed by atoms with Crippen molar-refractivity contribution in [2.45, 2.75) is 31.1 Å². The van der Waals surface area contributed by atoms with E-state index in [1.165, 1.54) is 11.8 Å². The first-order valence-corrected chi connectivity index (χ1v) is 11.9. The van der Waals surface area contributed by atoms with Crippen molar-refractivity contribution in [3.05, 3.63) is 72.8 Å². The third-order valence-electron chi connectivity index (χ3n) is 4.95. The lowest BCUT2D eigenvalue weighted by atomic mass is 10.2. The van der Waals surface area contributed by atoms with Crippen LogP contribution >= 0.6 is 11.8 Å². The average Bonchev–Trinajstić information content (AvgIpc) is 3.26. The van der Waals surface area contributed by atoms with E-state index in [9.17, 15) is 9.59 Å². The van der Waals surface area contributed by atoms with Crippen molar-refractivity contribution in [3.8, 4) is 11.5 Å². The van der Waals surface area contributed by atoms with Crippen LogP contribution in [0.15, 0.2) is 82.1 Å². The number of anilines is 2. The quantitative estimate of drug-likeness (QED) is 0.285. The Labute approximate surface area is 196 Å². The SMILES string of the molecule is CCCCC(=O)Nc1cccc(SCC(=O)Nc2ccc(-c3nc4ccccc4o3)cc2)c1. The summed E-state index contributed by atoms with van der Waals surface area (Å²) in [5.41, 5.74) is 3.85. The largest absolute Gasteiger partial charge is 0.436 e. The van der Waals surface area contributed by atoms with E-state index in [0.29, 0.717) is 18.0 Å². The minimum atomic E-state index is -0.105. The Morgan fingerprint density at radius 1 is 0.909 bits per heavy atom. The smallest absolute Gasteiger partial charge is 0.234 e. The van der Waals surface area contributed by atoms with Gasteiger partial charge in [0.15, 0.2) is 5.58 Å². The molecule has 1 aromatic heterocycles. The zero-order chi connectivity index (χ0) is 23.0. The highest BCUT2D eigenvalue weighted by Crippen LogP contribution is 2.26. The van der Waals surface area contributed by atoms with E-state index >= 15 is 0 Å². The molecule has 4 aromatic rings. The first-order chi connectivity index (χ1) is 16.1. The Bertz CT molecular complexity index is 1220. The normalized spacial score (nSPS) is 10.8. The summed E-state index contributed by atoms with van der Waals surface area (Å²) in [7, 11) is 0. The van der Waals surface area contributed by atoms with Gasteiger partial charge >= 0.3 is 0 Å². The van der Waals surface area contributed by atoms with E-state index in [4.69, 9.17) is 4.42 Å². The van der Waals surface area contributed by atoms with Gasteiger partial charge in [-0.05, 0) is 61.0 Å². The predicted molar refractivity (Wildman–Crippen MR) is 133 cm³/mol. The van der Waals surface area contributed by atoms with Gasteiger partial charge in [-0.2, -0.15) is 0 Å². The van der Waals surface area contributed by atoms with Gasteiger partial charge in [-0.25, -0.2) is 4.98 Å². The van der Waals surface area contributed by atoms with Crippen LogP contribution in [0.1, 0.15) is 26.2 Å². The van der Waals surface area contributed by atoms with E-state index in [-0.39, 0.29) is 17.6 Å².